The van der Waals surface area contributed by atoms with Crippen LogP contribution >= 0.6 is 0 Å². The molecule has 104 valence electrons. The molecule has 0 saturated heterocycles. The van der Waals surface area contributed by atoms with Crippen molar-refractivity contribution in [2.45, 2.75) is 6.92 Å². The number of fused-ring (bicyclic) bond motifs is 1. The Bertz CT molecular complexity index is 819. The van der Waals surface area contributed by atoms with Gasteiger partial charge in [0.05, 0.1) is 7.11 Å². The van der Waals surface area contributed by atoms with E-state index in [0.717, 1.165) is 27.6 Å². The molecule has 0 N–H and O–H groups in total. The second-order valence-electron chi connectivity index (χ2n) is 5.07. The predicted octanol–water partition coefficient (Wildman–Crippen LogP) is 4.39. The maximum Gasteiger partial charge on any atom is 0.193 e. The molecule has 0 aromatic heterocycles. The van der Waals surface area contributed by atoms with Gasteiger partial charge < -0.3 is 4.74 Å². The first-order valence-corrected chi connectivity index (χ1v) is 6.87. The van der Waals surface area contributed by atoms with E-state index in [1.165, 1.54) is 0 Å². The number of ketones is 1. The van der Waals surface area contributed by atoms with Crippen molar-refractivity contribution in [2.24, 2.45) is 0 Å². The van der Waals surface area contributed by atoms with Crippen molar-refractivity contribution in [2.75, 3.05) is 7.11 Å². The highest BCUT2D eigenvalue weighted by molar-refractivity contribution is 6.11. The van der Waals surface area contributed by atoms with Gasteiger partial charge in [0.2, 0.25) is 0 Å². The average molecular weight is 276 g/mol. The third-order valence-electron chi connectivity index (χ3n) is 3.70. The zero-order chi connectivity index (χ0) is 14.8. The van der Waals surface area contributed by atoms with Gasteiger partial charge in [-0.05, 0) is 41.5 Å². The number of hydrogen-bond acceptors (Lipinski definition) is 2. The summed E-state index contributed by atoms with van der Waals surface area (Å²) in [5, 5.41) is 2.10. The van der Waals surface area contributed by atoms with Crippen LogP contribution in [0.25, 0.3) is 10.8 Å². The lowest BCUT2D eigenvalue weighted by Gasteiger charge is -2.07. The van der Waals surface area contributed by atoms with Gasteiger partial charge in [0.1, 0.15) is 5.75 Å². The van der Waals surface area contributed by atoms with Gasteiger partial charge in [-0.3, -0.25) is 4.79 Å². The van der Waals surface area contributed by atoms with Crippen molar-refractivity contribution in [1.82, 2.24) is 0 Å². The van der Waals surface area contributed by atoms with Crippen LogP contribution in [0.2, 0.25) is 0 Å². The van der Waals surface area contributed by atoms with E-state index in [-0.39, 0.29) is 5.78 Å². The summed E-state index contributed by atoms with van der Waals surface area (Å²) in [5.74, 6) is 0.881. The summed E-state index contributed by atoms with van der Waals surface area (Å²) < 4.78 is 5.22. The summed E-state index contributed by atoms with van der Waals surface area (Å²) in [5.41, 5.74) is 2.46. The van der Waals surface area contributed by atoms with Gasteiger partial charge in [0, 0.05) is 11.1 Å². The summed E-state index contributed by atoms with van der Waals surface area (Å²) >= 11 is 0. The summed E-state index contributed by atoms with van der Waals surface area (Å²) in [6.07, 6.45) is 0. The molecule has 0 spiro atoms. The molecule has 0 bridgehead atoms. The largest absolute Gasteiger partial charge is 0.497 e. The number of aryl methyl sites for hydroxylation is 1. The average Bonchev–Trinajstić information content (AvgIpc) is 2.53. The Morgan fingerprint density at radius 3 is 2.38 bits per heavy atom. The van der Waals surface area contributed by atoms with Gasteiger partial charge in [0.15, 0.2) is 5.78 Å². The van der Waals surface area contributed by atoms with Crippen LogP contribution in [0.4, 0.5) is 0 Å². The molecule has 0 unspecified atom stereocenters. The summed E-state index contributed by atoms with van der Waals surface area (Å²) in [7, 11) is 1.65. The van der Waals surface area contributed by atoms with E-state index >= 15 is 0 Å². The van der Waals surface area contributed by atoms with Crippen LogP contribution in [0.3, 0.4) is 0 Å². The number of carbonyl (C=O) groups excluding carboxylic acids is 1. The second kappa shape index (κ2) is 5.41. The van der Waals surface area contributed by atoms with Gasteiger partial charge in [-0.2, -0.15) is 0 Å². The van der Waals surface area contributed by atoms with Crippen LogP contribution in [-0.2, 0) is 0 Å². The van der Waals surface area contributed by atoms with Gasteiger partial charge in [0.25, 0.3) is 0 Å². The number of hydrogen-bond donors (Lipinski definition) is 0. The number of benzene rings is 3. The standard InChI is InChI=1S/C19H16O2/c1-13-5-3-4-6-18(13)19(20)16-8-7-15-12-17(21-2)10-9-14(15)11-16/h3-12H,1-2H3. The third-order valence-corrected chi connectivity index (χ3v) is 3.70. The lowest BCUT2D eigenvalue weighted by atomic mass is 9.97. The molecule has 0 radical (unpaired) electrons. The first kappa shape index (κ1) is 13.4. The minimum atomic E-state index is 0.0609. The third kappa shape index (κ3) is 2.52. The molecule has 21 heavy (non-hydrogen) atoms. The van der Waals surface area contributed by atoms with E-state index in [1.54, 1.807) is 7.11 Å². The predicted molar refractivity (Wildman–Crippen MR) is 85.1 cm³/mol. The maximum atomic E-state index is 12.6. The Balaban J connectivity index is 2.05. The van der Waals surface area contributed by atoms with Gasteiger partial charge in [-0.25, -0.2) is 0 Å². The fourth-order valence-electron chi connectivity index (χ4n) is 2.48. The molecule has 0 aliphatic carbocycles. The minimum Gasteiger partial charge on any atom is -0.497 e. The smallest absolute Gasteiger partial charge is 0.193 e. The Kier molecular flexibility index (Phi) is 3.44. The highest BCUT2D eigenvalue weighted by Crippen LogP contribution is 2.23. The minimum absolute atomic E-state index is 0.0609. The zero-order valence-electron chi connectivity index (χ0n) is 12.1. The van der Waals surface area contributed by atoms with Crippen LogP contribution in [0, 0.1) is 6.92 Å². The first-order chi connectivity index (χ1) is 10.2. The molecule has 2 nitrogen and oxygen atoms in total. The lowest BCUT2D eigenvalue weighted by molar-refractivity contribution is 0.103. The molecule has 0 aliphatic rings. The molecule has 0 saturated carbocycles. The van der Waals surface area contributed by atoms with Crippen LogP contribution in [0.1, 0.15) is 21.5 Å². The van der Waals surface area contributed by atoms with Crippen LogP contribution in [0.15, 0.2) is 60.7 Å². The van der Waals surface area contributed by atoms with Crippen molar-refractivity contribution >= 4 is 16.6 Å². The molecule has 0 aliphatic heterocycles. The van der Waals surface area contributed by atoms with E-state index in [0.29, 0.717) is 5.56 Å². The van der Waals surface area contributed by atoms with Crippen molar-refractivity contribution in [3.8, 4) is 5.75 Å². The van der Waals surface area contributed by atoms with Crippen molar-refractivity contribution in [3.05, 3.63) is 77.4 Å². The van der Waals surface area contributed by atoms with Gasteiger partial charge in [-0.1, -0.05) is 42.5 Å². The van der Waals surface area contributed by atoms with Crippen molar-refractivity contribution in [1.29, 1.82) is 0 Å². The Hall–Kier alpha value is -2.61. The van der Waals surface area contributed by atoms with E-state index in [2.05, 4.69) is 0 Å². The molecule has 0 fully saturated rings. The highest BCUT2D eigenvalue weighted by atomic mass is 16.5. The van der Waals surface area contributed by atoms with E-state index in [4.69, 9.17) is 4.74 Å². The quantitative estimate of drug-likeness (QED) is 0.663. The molecule has 3 aromatic rings. The first-order valence-electron chi connectivity index (χ1n) is 6.87. The van der Waals surface area contributed by atoms with Crippen molar-refractivity contribution < 1.29 is 9.53 Å². The van der Waals surface area contributed by atoms with Crippen LogP contribution in [0.5, 0.6) is 5.75 Å². The molecular weight excluding hydrogens is 260 g/mol. The van der Waals surface area contributed by atoms with Crippen LogP contribution < -0.4 is 4.74 Å². The molecule has 0 amide bonds. The Morgan fingerprint density at radius 1 is 0.905 bits per heavy atom. The fraction of sp³-hybridized carbons (Fsp3) is 0.105. The second-order valence-corrected chi connectivity index (χ2v) is 5.07. The normalized spacial score (nSPS) is 10.6. The van der Waals surface area contributed by atoms with Gasteiger partial charge >= 0.3 is 0 Å². The molecular formula is C19H16O2. The molecule has 3 rings (SSSR count). The molecule has 0 atom stereocenters. The van der Waals surface area contributed by atoms with Crippen LogP contribution in [-0.4, -0.2) is 12.9 Å². The SMILES string of the molecule is COc1ccc2cc(C(=O)c3ccccc3C)ccc2c1. The number of rotatable bonds is 3. The van der Waals surface area contributed by atoms with Crippen molar-refractivity contribution in [3.63, 3.8) is 0 Å². The molecule has 2 heteroatoms. The van der Waals surface area contributed by atoms with Gasteiger partial charge in [-0.15, -0.1) is 0 Å². The fourth-order valence-corrected chi connectivity index (χ4v) is 2.48. The summed E-state index contributed by atoms with van der Waals surface area (Å²) in [6.45, 7) is 1.96. The maximum absolute atomic E-state index is 12.6. The molecule has 0 heterocycles. The number of ether oxygens (including phenoxy) is 1. The van der Waals surface area contributed by atoms with E-state index in [9.17, 15) is 4.79 Å². The number of carbonyl (C=O) groups is 1. The van der Waals surface area contributed by atoms with E-state index < -0.39 is 0 Å². The Morgan fingerprint density at radius 2 is 1.62 bits per heavy atom. The monoisotopic (exact) mass is 276 g/mol. The molecule has 3 aromatic carbocycles. The summed E-state index contributed by atoms with van der Waals surface area (Å²) in [4.78, 5) is 12.6. The Labute approximate surface area is 124 Å². The highest BCUT2D eigenvalue weighted by Gasteiger charge is 2.11. The summed E-state index contributed by atoms with van der Waals surface area (Å²) in [6, 6.07) is 19.3. The topological polar surface area (TPSA) is 26.3 Å². The van der Waals surface area contributed by atoms with E-state index in [1.807, 2.05) is 67.6 Å². The lowest BCUT2D eigenvalue weighted by Crippen LogP contribution is -2.03. The zero-order valence-corrected chi connectivity index (χ0v) is 12.1. The number of methoxy groups -OCH3 is 1.